The lowest BCUT2D eigenvalue weighted by Gasteiger charge is -2.31. The van der Waals surface area contributed by atoms with Crippen LogP contribution in [0.5, 0.6) is 0 Å². The zero-order chi connectivity index (χ0) is 11.7. The summed E-state index contributed by atoms with van der Waals surface area (Å²) in [5, 5.41) is 1.32. The van der Waals surface area contributed by atoms with Gasteiger partial charge in [0.05, 0.1) is 5.41 Å². The zero-order valence-electron chi connectivity index (χ0n) is 9.35. The fourth-order valence-electron chi connectivity index (χ4n) is 1.16. The normalized spacial score (nSPS) is 22.5. The second kappa shape index (κ2) is 4.04. The van der Waals surface area contributed by atoms with Crippen molar-refractivity contribution < 1.29 is 18.4 Å². The molecule has 1 fully saturated rings. The molecule has 1 aliphatic heterocycles. The van der Waals surface area contributed by atoms with E-state index in [1.807, 2.05) is 0 Å². The lowest BCUT2D eigenvalue weighted by molar-refractivity contribution is -0.217. The largest absolute Gasteiger partial charge is 0.367 e. The highest BCUT2D eigenvalue weighted by atomic mass is 19.3. The molecular formula is C10H17F2NO2. The van der Waals surface area contributed by atoms with E-state index in [1.54, 1.807) is 20.8 Å². The van der Waals surface area contributed by atoms with E-state index in [2.05, 4.69) is 0 Å². The van der Waals surface area contributed by atoms with Crippen molar-refractivity contribution in [3.8, 4) is 0 Å². The Morgan fingerprint density at radius 2 is 1.73 bits per heavy atom. The van der Waals surface area contributed by atoms with E-state index in [0.717, 1.165) is 0 Å². The average molecular weight is 221 g/mol. The Kier molecular flexibility index (Phi) is 3.33. The van der Waals surface area contributed by atoms with Gasteiger partial charge in [-0.05, 0) is 20.8 Å². The molecule has 1 heterocycles. The van der Waals surface area contributed by atoms with Gasteiger partial charge in [0, 0.05) is 25.9 Å². The summed E-state index contributed by atoms with van der Waals surface area (Å²) in [6.07, 6.45) is -0.491. The molecule has 0 radical (unpaired) electrons. The molecule has 0 N–H and O–H groups in total. The molecule has 0 aromatic carbocycles. The first kappa shape index (κ1) is 12.4. The van der Waals surface area contributed by atoms with Gasteiger partial charge in [-0.15, -0.1) is 5.06 Å². The van der Waals surface area contributed by atoms with Gasteiger partial charge in [0.15, 0.2) is 0 Å². The minimum Gasteiger partial charge on any atom is -0.367 e. The zero-order valence-corrected chi connectivity index (χ0v) is 9.35. The van der Waals surface area contributed by atoms with Crippen LogP contribution in [-0.2, 0) is 9.63 Å². The Bertz CT molecular complexity index is 238. The van der Waals surface area contributed by atoms with Gasteiger partial charge in [0.1, 0.15) is 0 Å². The highest BCUT2D eigenvalue weighted by Gasteiger charge is 2.36. The maximum atomic E-state index is 12.8. The van der Waals surface area contributed by atoms with Gasteiger partial charge in [-0.25, -0.2) is 13.6 Å². The summed E-state index contributed by atoms with van der Waals surface area (Å²) in [6.45, 7) is 5.40. The van der Waals surface area contributed by atoms with Crippen molar-refractivity contribution >= 4 is 5.97 Å². The second-order valence-electron chi connectivity index (χ2n) is 4.91. The number of carbonyl (C=O) groups excluding carboxylic acids is 1. The van der Waals surface area contributed by atoms with Crippen molar-refractivity contribution in [2.75, 3.05) is 13.1 Å². The van der Waals surface area contributed by atoms with E-state index in [9.17, 15) is 13.6 Å². The van der Waals surface area contributed by atoms with E-state index in [4.69, 9.17) is 4.84 Å². The van der Waals surface area contributed by atoms with Gasteiger partial charge in [-0.2, -0.15) is 0 Å². The van der Waals surface area contributed by atoms with Crippen molar-refractivity contribution in [1.82, 2.24) is 5.06 Å². The molecule has 0 aromatic heterocycles. The molecule has 5 heteroatoms. The van der Waals surface area contributed by atoms with Gasteiger partial charge < -0.3 is 4.84 Å². The quantitative estimate of drug-likeness (QED) is 0.680. The third-order valence-corrected chi connectivity index (χ3v) is 2.28. The number of alkyl halides is 2. The molecule has 0 unspecified atom stereocenters. The van der Waals surface area contributed by atoms with Crippen LogP contribution in [0, 0.1) is 5.41 Å². The monoisotopic (exact) mass is 221 g/mol. The molecule has 1 saturated heterocycles. The first-order chi connectivity index (χ1) is 6.71. The third-order valence-electron chi connectivity index (χ3n) is 2.28. The van der Waals surface area contributed by atoms with Crippen LogP contribution in [0.15, 0.2) is 0 Å². The van der Waals surface area contributed by atoms with Crippen LogP contribution in [0.1, 0.15) is 33.6 Å². The van der Waals surface area contributed by atoms with Crippen molar-refractivity contribution in [3.63, 3.8) is 0 Å². The van der Waals surface area contributed by atoms with Gasteiger partial charge >= 0.3 is 5.97 Å². The summed E-state index contributed by atoms with van der Waals surface area (Å²) in [5.41, 5.74) is -0.597. The van der Waals surface area contributed by atoms with E-state index in [1.165, 1.54) is 5.06 Å². The minimum atomic E-state index is -2.61. The van der Waals surface area contributed by atoms with Crippen LogP contribution in [0.2, 0.25) is 0 Å². The smallest absolute Gasteiger partial charge is 0.330 e. The number of hydrogen-bond donors (Lipinski definition) is 0. The molecule has 88 valence electrons. The average Bonchev–Trinajstić information content (AvgIpc) is 2.07. The molecule has 0 aromatic rings. The topological polar surface area (TPSA) is 29.5 Å². The number of halogens is 2. The highest BCUT2D eigenvalue weighted by Crippen LogP contribution is 2.28. The van der Waals surface area contributed by atoms with Crippen molar-refractivity contribution in [3.05, 3.63) is 0 Å². The van der Waals surface area contributed by atoms with Crippen LogP contribution < -0.4 is 0 Å². The number of carbonyl (C=O) groups is 1. The SMILES string of the molecule is CC(C)(C)C(=O)ON1CCC(F)(F)CC1. The van der Waals surface area contributed by atoms with Crippen molar-refractivity contribution in [2.45, 2.75) is 39.5 Å². The predicted octanol–water partition coefficient (Wildman–Crippen LogP) is 2.22. The van der Waals surface area contributed by atoms with E-state index < -0.39 is 11.3 Å². The van der Waals surface area contributed by atoms with E-state index >= 15 is 0 Å². The van der Waals surface area contributed by atoms with Gasteiger partial charge in [-0.3, -0.25) is 0 Å². The molecular weight excluding hydrogens is 204 g/mol. The number of nitrogens with zero attached hydrogens (tertiary/aromatic N) is 1. The molecule has 0 amide bonds. The summed E-state index contributed by atoms with van der Waals surface area (Å²) >= 11 is 0. The molecule has 3 nitrogen and oxygen atoms in total. The Morgan fingerprint density at radius 3 is 2.13 bits per heavy atom. The lowest BCUT2D eigenvalue weighted by atomic mass is 9.98. The first-order valence-electron chi connectivity index (χ1n) is 5.06. The second-order valence-corrected chi connectivity index (χ2v) is 4.91. The number of piperidine rings is 1. The van der Waals surface area contributed by atoms with E-state index in [0.29, 0.717) is 0 Å². The molecule has 1 rings (SSSR count). The lowest BCUT2D eigenvalue weighted by Crippen LogP contribution is -2.42. The van der Waals surface area contributed by atoms with E-state index in [-0.39, 0.29) is 31.9 Å². The fourth-order valence-corrected chi connectivity index (χ4v) is 1.16. The molecule has 15 heavy (non-hydrogen) atoms. The Balaban J connectivity index is 2.40. The first-order valence-corrected chi connectivity index (χ1v) is 5.06. The molecule has 0 spiro atoms. The molecule has 0 saturated carbocycles. The highest BCUT2D eigenvalue weighted by molar-refractivity contribution is 5.75. The number of hydrogen-bond acceptors (Lipinski definition) is 3. The molecule has 0 aliphatic carbocycles. The standard InChI is InChI=1S/C10H17F2NO2/c1-9(2,3)8(14)15-13-6-4-10(11,12)5-7-13/h4-7H2,1-3H3. The molecule has 0 atom stereocenters. The van der Waals surface area contributed by atoms with Crippen molar-refractivity contribution in [2.24, 2.45) is 5.41 Å². The van der Waals surface area contributed by atoms with Crippen LogP contribution in [0.4, 0.5) is 8.78 Å². The van der Waals surface area contributed by atoms with Crippen LogP contribution >= 0.6 is 0 Å². The minimum absolute atomic E-state index is 0.106. The summed E-state index contributed by atoms with van der Waals surface area (Å²) in [5.74, 6) is -2.99. The predicted molar refractivity (Wildman–Crippen MR) is 51.3 cm³/mol. The fraction of sp³-hybridized carbons (Fsp3) is 0.900. The number of rotatable bonds is 1. The third kappa shape index (κ3) is 3.74. The molecule has 0 bridgehead atoms. The number of hydroxylamine groups is 2. The summed E-state index contributed by atoms with van der Waals surface area (Å²) in [6, 6.07) is 0. The molecule has 1 aliphatic rings. The Morgan fingerprint density at radius 1 is 1.27 bits per heavy atom. The van der Waals surface area contributed by atoms with Crippen LogP contribution in [0.3, 0.4) is 0 Å². The Hall–Kier alpha value is -0.710. The maximum absolute atomic E-state index is 12.8. The van der Waals surface area contributed by atoms with Crippen LogP contribution in [-0.4, -0.2) is 30.0 Å². The Labute approximate surface area is 88.3 Å². The van der Waals surface area contributed by atoms with Gasteiger partial charge in [-0.1, -0.05) is 0 Å². The summed E-state index contributed by atoms with van der Waals surface area (Å²) < 4.78 is 25.6. The van der Waals surface area contributed by atoms with Crippen molar-refractivity contribution in [1.29, 1.82) is 0 Å². The summed E-state index contributed by atoms with van der Waals surface area (Å²) in [4.78, 5) is 16.5. The maximum Gasteiger partial charge on any atom is 0.330 e. The van der Waals surface area contributed by atoms with Gasteiger partial charge in [0.25, 0.3) is 5.92 Å². The summed E-state index contributed by atoms with van der Waals surface area (Å²) in [7, 11) is 0. The van der Waals surface area contributed by atoms with Crippen LogP contribution in [0.25, 0.3) is 0 Å². The van der Waals surface area contributed by atoms with Gasteiger partial charge in [0.2, 0.25) is 0 Å².